The standard InChI is InChI=1S/C12H17N3O4/c1-8(5-6-16)14-10-7-9(12(17)13-2)3-4-11(10)15(18)19/h3-4,7-8,14,16H,5-6H2,1-2H3,(H,13,17). The summed E-state index contributed by atoms with van der Waals surface area (Å²) in [5.41, 5.74) is 0.510. The number of hydrogen-bond acceptors (Lipinski definition) is 5. The van der Waals surface area contributed by atoms with Gasteiger partial charge in [0.05, 0.1) is 4.92 Å². The zero-order valence-electron chi connectivity index (χ0n) is 10.8. The number of nitro benzene ring substituents is 1. The number of aliphatic hydroxyl groups is 1. The molecule has 7 nitrogen and oxygen atoms in total. The lowest BCUT2D eigenvalue weighted by molar-refractivity contribution is -0.384. The van der Waals surface area contributed by atoms with Gasteiger partial charge in [0.25, 0.3) is 11.6 Å². The van der Waals surface area contributed by atoms with Crippen molar-refractivity contribution in [3.8, 4) is 0 Å². The highest BCUT2D eigenvalue weighted by molar-refractivity contribution is 5.95. The molecule has 19 heavy (non-hydrogen) atoms. The summed E-state index contributed by atoms with van der Waals surface area (Å²) in [5.74, 6) is -0.312. The Morgan fingerprint density at radius 3 is 2.74 bits per heavy atom. The first kappa shape index (κ1) is 14.9. The smallest absolute Gasteiger partial charge is 0.292 e. The van der Waals surface area contributed by atoms with Crippen molar-refractivity contribution >= 4 is 17.3 Å². The summed E-state index contributed by atoms with van der Waals surface area (Å²) in [6, 6.07) is 3.99. The van der Waals surface area contributed by atoms with E-state index in [-0.39, 0.29) is 29.9 Å². The van der Waals surface area contributed by atoms with E-state index in [4.69, 9.17) is 5.11 Å². The minimum absolute atomic E-state index is 0.0168. The first-order valence-electron chi connectivity index (χ1n) is 5.87. The molecule has 1 unspecified atom stereocenters. The number of anilines is 1. The van der Waals surface area contributed by atoms with Gasteiger partial charge in [0.2, 0.25) is 0 Å². The summed E-state index contributed by atoms with van der Waals surface area (Å²) >= 11 is 0. The van der Waals surface area contributed by atoms with E-state index in [1.807, 2.05) is 0 Å². The van der Waals surface area contributed by atoms with Crippen molar-refractivity contribution in [3.63, 3.8) is 0 Å². The quantitative estimate of drug-likeness (QED) is 0.529. The molecule has 1 aromatic carbocycles. The molecule has 104 valence electrons. The molecule has 0 spiro atoms. The van der Waals surface area contributed by atoms with E-state index in [0.29, 0.717) is 12.0 Å². The van der Waals surface area contributed by atoms with Crippen LogP contribution in [0.25, 0.3) is 0 Å². The molecule has 3 N–H and O–H groups in total. The molecule has 0 aliphatic rings. The molecule has 0 fully saturated rings. The molecule has 0 bridgehead atoms. The number of carbonyl (C=O) groups is 1. The molecular formula is C12H17N3O4. The SMILES string of the molecule is CNC(=O)c1ccc([N+](=O)[O-])c(NC(C)CCO)c1. The topological polar surface area (TPSA) is 104 Å². The Bertz CT molecular complexity index is 476. The van der Waals surface area contributed by atoms with Gasteiger partial charge >= 0.3 is 0 Å². The molecule has 1 aromatic rings. The van der Waals surface area contributed by atoms with Crippen molar-refractivity contribution < 1.29 is 14.8 Å². The minimum atomic E-state index is -0.512. The van der Waals surface area contributed by atoms with Crippen LogP contribution in [-0.2, 0) is 0 Å². The lowest BCUT2D eigenvalue weighted by Crippen LogP contribution is -2.20. The lowest BCUT2D eigenvalue weighted by Gasteiger charge is -2.14. The van der Waals surface area contributed by atoms with Gasteiger partial charge in [-0.2, -0.15) is 0 Å². The summed E-state index contributed by atoms with van der Waals surface area (Å²) in [7, 11) is 1.49. The van der Waals surface area contributed by atoms with E-state index in [1.165, 1.54) is 25.2 Å². The lowest BCUT2D eigenvalue weighted by atomic mass is 10.1. The van der Waals surface area contributed by atoms with Crippen LogP contribution in [0.1, 0.15) is 23.7 Å². The maximum atomic E-state index is 11.5. The van der Waals surface area contributed by atoms with E-state index < -0.39 is 4.92 Å². The molecule has 0 saturated carbocycles. The molecule has 1 atom stereocenters. The maximum Gasteiger partial charge on any atom is 0.292 e. The third-order valence-electron chi connectivity index (χ3n) is 2.65. The third-order valence-corrected chi connectivity index (χ3v) is 2.65. The van der Waals surface area contributed by atoms with Gasteiger partial charge in [-0.3, -0.25) is 14.9 Å². The molecule has 0 saturated heterocycles. The third kappa shape index (κ3) is 3.92. The fourth-order valence-electron chi connectivity index (χ4n) is 1.63. The monoisotopic (exact) mass is 267 g/mol. The van der Waals surface area contributed by atoms with Crippen LogP contribution in [0.15, 0.2) is 18.2 Å². The van der Waals surface area contributed by atoms with Crippen LogP contribution in [0.3, 0.4) is 0 Å². The predicted molar refractivity (Wildman–Crippen MR) is 71.3 cm³/mol. The molecule has 0 aliphatic carbocycles. The second-order valence-electron chi connectivity index (χ2n) is 4.13. The normalized spacial score (nSPS) is 11.7. The molecule has 1 amide bonds. The second kappa shape index (κ2) is 6.69. The largest absolute Gasteiger partial charge is 0.396 e. The van der Waals surface area contributed by atoms with Crippen molar-refractivity contribution in [1.29, 1.82) is 0 Å². The Kier molecular flexibility index (Phi) is 5.25. The first-order valence-corrected chi connectivity index (χ1v) is 5.87. The Labute approximate surface area is 110 Å². The zero-order valence-corrected chi connectivity index (χ0v) is 10.8. The van der Waals surface area contributed by atoms with Gasteiger partial charge in [0.15, 0.2) is 0 Å². The number of nitro groups is 1. The maximum absolute atomic E-state index is 11.5. The van der Waals surface area contributed by atoms with Crippen LogP contribution in [0, 0.1) is 10.1 Å². The molecule has 0 heterocycles. The molecule has 0 radical (unpaired) electrons. The second-order valence-corrected chi connectivity index (χ2v) is 4.13. The van der Waals surface area contributed by atoms with Crippen molar-refractivity contribution in [2.24, 2.45) is 0 Å². The first-order chi connectivity index (χ1) is 8.99. The van der Waals surface area contributed by atoms with E-state index in [0.717, 1.165) is 0 Å². The Morgan fingerprint density at radius 1 is 1.53 bits per heavy atom. The van der Waals surface area contributed by atoms with Crippen LogP contribution in [0.2, 0.25) is 0 Å². The molecule has 0 aromatic heterocycles. The highest BCUT2D eigenvalue weighted by Crippen LogP contribution is 2.26. The number of amides is 1. The van der Waals surface area contributed by atoms with Gasteiger partial charge in [-0.1, -0.05) is 0 Å². The van der Waals surface area contributed by atoms with Crippen LogP contribution in [0.4, 0.5) is 11.4 Å². The summed E-state index contributed by atoms with van der Waals surface area (Å²) in [6.07, 6.45) is 0.460. The Hall–Kier alpha value is -2.15. The van der Waals surface area contributed by atoms with Crippen LogP contribution in [0.5, 0.6) is 0 Å². The Balaban J connectivity index is 3.08. The average molecular weight is 267 g/mol. The van der Waals surface area contributed by atoms with Gasteiger partial charge < -0.3 is 15.7 Å². The predicted octanol–water partition coefficient (Wildman–Crippen LogP) is 1.14. The van der Waals surface area contributed by atoms with Crippen molar-refractivity contribution in [2.75, 3.05) is 19.0 Å². The van der Waals surface area contributed by atoms with E-state index in [1.54, 1.807) is 6.92 Å². The summed E-state index contributed by atoms with van der Waals surface area (Å²) in [5, 5.41) is 25.2. The van der Waals surface area contributed by atoms with E-state index in [9.17, 15) is 14.9 Å². The average Bonchev–Trinajstić information content (AvgIpc) is 2.37. The zero-order chi connectivity index (χ0) is 14.4. The van der Waals surface area contributed by atoms with E-state index >= 15 is 0 Å². The van der Waals surface area contributed by atoms with E-state index in [2.05, 4.69) is 10.6 Å². The van der Waals surface area contributed by atoms with Crippen molar-refractivity contribution in [3.05, 3.63) is 33.9 Å². The van der Waals surface area contributed by atoms with Gasteiger partial charge in [-0.25, -0.2) is 0 Å². The minimum Gasteiger partial charge on any atom is -0.396 e. The van der Waals surface area contributed by atoms with Gasteiger partial charge in [0.1, 0.15) is 5.69 Å². The van der Waals surface area contributed by atoms with Crippen LogP contribution >= 0.6 is 0 Å². The molecule has 0 aliphatic heterocycles. The molecule has 1 rings (SSSR count). The summed E-state index contributed by atoms with van der Waals surface area (Å²) in [4.78, 5) is 21.9. The van der Waals surface area contributed by atoms with Crippen molar-refractivity contribution in [1.82, 2.24) is 5.32 Å². The number of rotatable bonds is 6. The number of nitrogens with zero attached hydrogens (tertiary/aromatic N) is 1. The summed E-state index contributed by atoms with van der Waals surface area (Å²) < 4.78 is 0. The van der Waals surface area contributed by atoms with Crippen LogP contribution in [-0.4, -0.2) is 35.6 Å². The van der Waals surface area contributed by atoms with Crippen molar-refractivity contribution in [2.45, 2.75) is 19.4 Å². The van der Waals surface area contributed by atoms with Gasteiger partial charge in [-0.15, -0.1) is 0 Å². The number of carbonyl (C=O) groups excluding carboxylic acids is 1. The van der Waals surface area contributed by atoms with Gasteiger partial charge in [-0.05, 0) is 25.5 Å². The number of hydrogen-bond donors (Lipinski definition) is 3. The Morgan fingerprint density at radius 2 is 2.21 bits per heavy atom. The highest BCUT2D eigenvalue weighted by atomic mass is 16.6. The number of benzene rings is 1. The number of aliphatic hydroxyl groups excluding tert-OH is 1. The number of nitrogens with one attached hydrogen (secondary N) is 2. The summed E-state index contributed by atoms with van der Waals surface area (Å²) in [6.45, 7) is 1.78. The van der Waals surface area contributed by atoms with Crippen LogP contribution < -0.4 is 10.6 Å². The fourth-order valence-corrected chi connectivity index (χ4v) is 1.63. The highest BCUT2D eigenvalue weighted by Gasteiger charge is 2.17. The molecule has 7 heteroatoms. The fraction of sp³-hybridized carbons (Fsp3) is 0.417. The molecular weight excluding hydrogens is 250 g/mol. The van der Waals surface area contributed by atoms with Gasteiger partial charge in [0, 0.05) is 31.3 Å².